The van der Waals surface area contributed by atoms with Gasteiger partial charge in [-0.3, -0.25) is 13.8 Å². The molecule has 29 heavy (non-hydrogen) atoms. The summed E-state index contributed by atoms with van der Waals surface area (Å²) >= 11 is 1.35. The van der Waals surface area contributed by atoms with E-state index in [1.54, 1.807) is 7.11 Å². The molecule has 4 rings (SSSR count). The van der Waals surface area contributed by atoms with Gasteiger partial charge in [0.1, 0.15) is 10.6 Å². The first-order chi connectivity index (χ1) is 14.0. The summed E-state index contributed by atoms with van der Waals surface area (Å²) in [5.41, 5.74) is 1.48. The average Bonchev–Trinajstić information content (AvgIpc) is 3.11. The minimum Gasteiger partial charge on any atom is -0.497 e. The summed E-state index contributed by atoms with van der Waals surface area (Å²) in [5.74, 6) is 1.24. The fraction of sp³-hybridized carbons (Fsp3) is 0.350. The van der Waals surface area contributed by atoms with Gasteiger partial charge in [-0.25, -0.2) is 4.98 Å². The van der Waals surface area contributed by atoms with Gasteiger partial charge in [0.05, 0.1) is 18.2 Å². The van der Waals surface area contributed by atoms with Gasteiger partial charge in [-0.2, -0.15) is 0 Å². The first-order valence-electron chi connectivity index (χ1n) is 9.36. The largest absolute Gasteiger partial charge is 0.497 e. The highest BCUT2D eigenvalue weighted by molar-refractivity contribution is 7.84. The second kappa shape index (κ2) is 9.32. The lowest BCUT2D eigenvalue weighted by molar-refractivity contribution is 0.0940. The number of benzene rings is 1. The summed E-state index contributed by atoms with van der Waals surface area (Å²) in [6, 6.07) is 7.36. The first kappa shape index (κ1) is 21.2. The number of nitrogens with one attached hydrogen (secondary N) is 2. The number of ether oxygens (including phenoxy) is 1. The molecule has 0 saturated carbocycles. The van der Waals surface area contributed by atoms with E-state index in [1.165, 1.54) is 11.3 Å². The van der Waals surface area contributed by atoms with E-state index in [4.69, 9.17) is 4.74 Å². The average molecular weight is 434 g/mol. The van der Waals surface area contributed by atoms with Gasteiger partial charge in [-0.1, -0.05) is 26.0 Å². The summed E-state index contributed by atoms with van der Waals surface area (Å²) < 4.78 is 16.9. The molecule has 1 amide bonds. The number of aromatic amines is 1. The third-order valence-corrected chi connectivity index (χ3v) is 7.00. The Morgan fingerprint density at radius 2 is 2.17 bits per heavy atom. The number of H-pyrrole nitrogens is 1. The van der Waals surface area contributed by atoms with Crippen molar-refractivity contribution in [3.8, 4) is 5.75 Å². The summed E-state index contributed by atoms with van der Waals surface area (Å²) in [4.78, 5) is 33.3. The molecule has 0 fully saturated rings. The summed E-state index contributed by atoms with van der Waals surface area (Å²) in [5, 5.41) is 3.28. The Kier molecular flexibility index (Phi) is 6.81. The second-order valence-corrected chi connectivity index (χ2v) is 8.83. The van der Waals surface area contributed by atoms with E-state index >= 15 is 0 Å². The Balaban J connectivity index is 0.00000117. The van der Waals surface area contributed by atoms with Crippen LogP contribution in [0.3, 0.4) is 0 Å². The minimum absolute atomic E-state index is 0.0184. The molecule has 0 radical (unpaired) electrons. The van der Waals surface area contributed by atoms with Gasteiger partial charge < -0.3 is 15.0 Å². The van der Waals surface area contributed by atoms with Crippen LogP contribution in [0.4, 0.5) is 0 Å². The fourth-order valence-corrected chi connectivity index (χ4v) is 5.77. The van der Waals surface area contributed by atoms with Gasteiger partial charge in [0, 0.05) is 28.0 Å². The van der Waals surface area contributed by atoms with Gasteiger partial charge in [0.25, 0.3) is 11.5 Å². The number of aryl methyl sites for hydroxylation is 1. The Labute approximate surface area is 175 Å². The molecule has 9 heteroatoms. The van der Waals surface area contributed by atoms with Crippen LogP contribution in [0.15, 0.2) is 29.1 Å². The lowest BCUT2D eigenvalue weighted by atomic mass is 10.1. The molecule has 1 aromatic carbocycles. The predicted molar refractivity (Wildman–Crippen MR) is 116 cm³/mol. The van der Waals surface area contributed by atoms with Crippen LogP contribution in [0, 0.1) is 0 Å². The number of carbonyl (C=O) groups is 1. The molecule has 0 saturated heterocycles. The third-order valence-electron chi connectivity index (χ3n) is 4.42. The standard InChI is InChI=1S/C18H17N3O4S2.C2H6/c1-25-11-4-2-3-10(7-11)8-19-17(23)15-20-16(22)14-12-5-6-27(24)9-13(12)26-18(14)21-15;1-2/h2-4,7H,5-6,8-9H2,1H3,(H,19,23)(H,20,21,22);1-2H3. The Hall–Kier alpha value is -2.52. The van der Waals surface area contributed by atoms with E-state index < -0.39 is 16.7 Å². The van der Waals surface area contributed by atoms with Crippen molar-refractivity contribution in [1.82, 2.24) is 15.3 Å². The first-order valence-corrected chi connectivity index (χ1v) is 11.7. The van der Waals surface area contributed by atoms with Crippen LogP contribution >= 0.6 is 11.3 Å². The lowest BCUT2D eigenvalue weighted by Crippen LogP contribution is -2.27. The van der Waals surface area contributed by atoms with Gasteiger partial charge >= 0.3 is 0 Å². The molecule has 154 valence electrons. The van der Waals surface area contributed by atoms with Crippen molar-refractivity contribution in [1.29, 1.82) is 0 Å². The summed E-state index contributed by atoms with van der Waals surface area (Å²) in [6.07, 6.45) is 0.605. The molecular weight excluding hydrogens is 410 g/mol. The van der Waals surface area contributed by atoms with Crippen molar-refractivity contribution in [2.45, 2.75) is 32.6 Å². The third kappa shape index (κ3) is 4.56. The van der Waals surface area contributed by atoms with E-state index in [2.05, 4.69) is 15.3 Å². The zero-order chi connectivity index (χ0) is 21.0. The van der Waals surface area contributed by atoms with E-state index in [0.717, 1.165) is 16.0 Å². The van der Waals surface area contributed by atoms with Crippen molar-refractivity contribution >= 4 is 38.3 Å². The lowest BCUT2D eigenvalue weighted by Gasteiger charge is -2.10. The monoisotopic (exact) mass is 433 g/mol. The fourth-order valence-electron chi connectivity index (χ4n) is 3.08. The molecule has 0 spiro atoms. The molecule has 2 aromatic heterocycles. The number of fused-ring (bicyclic) bond motifs is 3. The molecular formula is C20H23N3O4S2. The van der Waals surface area contributed by atoms with Crippen molar-refractivity contribution in [2.24, 2.45) is 0 Å². The molecule has 1 aliphatic heterocycles. The number of hydrogen-bond acceptors (Lipinski definition) is 6. The van der Waals surface area contributed by atoms with Crippen LogP contribution in [-0.2, 0) is 29.5 Å². The molecule has 3 heterocycles. The topological polar surface area (TPSA) is 101 Å². The molecule has 1 aliphatic rings. The SMILES string of the molecule is CC.COc1cccc(CNC(=O)c2nc3sc4c(c3c(=O)[nH]2)CCS(=O)C4)c1. The molecule has 3 aromatic rings. The molecule has 1 unspecified atom stereocenters. The number of thiophene rings is 1. The zero-order valence-electron chi connectivity index (χ0n) is 16.5. The minimum atomic E-state index is -0.895. The van der Waals surface area contributed by atoms with Crippen LogP contribution < -0.4 is 15.6 Å². The highest BCUT2D eigenvalue weighted by Crippen LogP contribution is 2.32. The number of methoxy groups -OCH3 is 1. The molecule has 7 nitrogen and oxygen atoms in total. The molecule has 0 bridgehead atoms. The Bertz CT molecular complexity index is 1120. The van der Waals surface area contributed by atoms with Crippen LogP contribution in [0.1, 0.15) is 40.5 Å². The number of rotatable bonds is 4. The van der Waals surface area contributed by atoms with E-state index in [-0.39, 0.29) is 17.9 Å². The number of hydrogen-bond donors (Lipinski definition) is 2. The van der Waals surface area contributed by atoms with Crippen LogP contribution in [-0.4, -0.2) is 32.9 Å². The van der Waals surface area contributed by atoms with Crippen LogP contribution in [0.25, 0.3) is 10.2 Å². The number of nitrogens with zero attached hydrogens (tertiary/aromatic N) is 1. The quantitative estimate of drug-likeness (QED) is 0.659. The van der Waals surface area contributed by atoms with Gasteiger partial charge in [-0.05, 0) is 29.7 Å². The van der Waals surface area contributed by atoms with E-state index in [0.29, 0.717) is 33.9 Å². The van der Waals surface area contributed by atoms with E-state index in [1.807, 2.05) is 38.1 Å². The van der Waals surface area contributed by atoms with Gasteiger partial charge in [0.2, 0.25) is 5.82 Å². The normalized spacial score (nSPS) is 15.2. The van der Waals surface area contributed by atoms with Crippen molar-refractivity contribution in [3.05, 3.63) is 56.4 Å². The maximum Gasteiger partial charge on any atom is 0.287 e. The van der Waals surface area contributed by atoms with Gasteiger partial charge in [0.15, 0.2) is 0 Å². The zero-order valence-corrected chi connectivity index (χ0v) is 18.2. The highest BCUT2D eigenvalue weighted by Gasteiger charge is 2.23. The number of aromatic nitrogens is 2. The number of amides is 1. The van der Waals surface area contributed by atoms with Gasteiger partial charge in [-0.15, -0.1) is 11.3 Å². The van der Waals surface area contributed by atoms with E-state index in [9.17, 15) is 13.8 Å². The second-order valence-electron chi connectivity index (χ2n) is 6.17. The maximum atomic E-state index is 12.5. The summed E-state index contributed by atoms with van der Waals surface area (Å²) in [7, 11) is 0.686. The molecule has 1 atom stereocenters. The van der Waals surface area contributed by atoms with Crippen LogP contribution in [0.2, 0.25) is 0 Å². The smallest absolute Gasteiger partial charge is 0.287 e. The number of carbonyl (C=O) groups excluding carboxylic acids is 1. The summed E-state index contributed by atoms with van der Waals surface area (Å²) in [6.45, 7) is 4.29. The molecule has 2 N–H and O–H groups in total. The highest BCUT2D eigenvalue weighted by atomic mass is 32.2. The molecule has 0 aliphatic carbocycles. The predicted octanol–water partition coefficient (Wildman–Crippen LogP) is 2.75. The Morgan fingerprint density at radius 1 is 1.38 bits per heavy atom. The van der Waals surface area contributed by atoms with Crippen molar-refractivity contribution in [3.63, 3.8) is 0 Å². The van der Waals surface area contributed by atoms with Crippen LogP contribution in [0.5, 0.6) is 5.75 Å². The van der Waals surface area contributed by atoms with Crippen molar-refractivity contribution < 1.29 is 13.7 Å². The maximum absolute atomic E-state index is 12.5. The Morgan fingerprint density at radius 3 is 2.93 bits per heavy atom. The van der Waals surface area contributed by atoms with Crippen molar-refractivity contribution in [2.75, 3.05) is 12.9 Å².